The van der Waals surface area contributed by atoms with Crippen LogP contribution in [-0.4, -0.2) is 12.1 Å². The molecule has 0 amide bonds. The van der Waals surface area contributed by atoms with Gasteiger partial charge in [0.25, 0.3) is 0 Å². The number of hydrogen-bond donors (Lipinski definition) is 0. The van der Waals surface area contributed by atoms with Gasteiger partial charge in [-0.25, -0.2) is 4.98 Å². The van der Waals surface area contributed by atoms with Gasteiger partial charge < -0.3 is 9.15 Å². The third-order valence-corrected chi connectivity index (χ3v) is 2.08. The second-order valence-electron chi connectivity index (χ2n) is 2.97. The summed E-state index contributed by atoms with van der Waals surface area (Å²) in [6.45, 7) is 3.80. The Morgan fingerprint density at radius 3 is 2.77 bits per heavy atom. The Morgan fingerprint density at radius 1 is 1.31 bits per heavy atom. The van der Waals surface area contributed by atoms with E-state index in [4.69, 9.17) is 9.15 Å². The molecule has 2 aromatic rings. The van der Waals surface area contributed by atoms with Gasteiger partial charge in [-0.2, -0.15) is 0 Å². The minimum Gasteiger partial charge on any atom is -0.496 e. The van der Waals surface area contributed by atoms with E-state index in [9.17, 15) is 0 Å². The summed E-state index contributed by atoms with van der Waals surface area (Å²) in [6.07, 6.45) is 0. The predicted octanol–water partition coefficient (Wildman–Crippen LogP) is 2.45. The van der Waals surface area contributed by atoms with Crippen molar-refractivity contribution in [2.75, 3.05) is 7.11 Å². The zero-order valence-corrected chi connectivity index (χ0v) is 7.92. The second-order valence-corrected chi connectivity index (χ2v) is 2.97. The Labute approximate surface area is 76.3 Å². The fourth-order valence-corrected chi connectivity index (χ4v) is 1.44. The molecule has 0 aliphatic carbocycles. The topological polar surface area (TPSA) is 35.3 Å². The first kappa shape index (κ1) is 8.10. The molecule has 0 bridgehead atoms. The summed E-state index contributed by atoms with van der Waals surface area (Å²) < 4.78 is 10.6. The molecule has 0 unspecified atom stereocenters. The van der Waals surface area contributed by atoms with E-state index in [-0.39, 0.29) is 0 Å². The van der Waals surface area contributed by atoms with Crippen LogP contribution >= 0.6 is 0 Å². The Balaban J connectivity index is 2.78. The first-order valence-electron chi connectivity index (χ1n) is 4.13. The van der Waals surface area contributed by atoms with Gasteiger partial charge in [0, 0.05) is 12.5 Å². The Kier molecular flexibility index (Phi) is 1.72. The number of aromatic nitrogens is 1. The molecule has 1 heterocycles. The minimum absolute atomic E-state index is 0.686. The number of fused-ring (bicyclic) bond motifs is 1. The van der Waals surface area contributed by atoms with Gasteiger partial charge >= 0.3 is 0 Å². The lowest BCUT2D eigenvalue weighted by molar-refractivity contribution is 0.411. The quantitative estimate of drug-likeness (QED) is 0.671. The third kappa shape index (κ3) is 1.16. The molecule has 0 aliphatic rings. The highest BCUT2D eigenvalue weighted by Crippen LogP contribution is 2.27. The van der Waals surface area contributed by atoms with E-state index in [1.807, 2.05) is 26.0 Å². The van der Waals surface area contributed by atoms with Crippen LogP contribution in [0.2, 0.25) is 0 Å². The van der Waals surface area contributed by atoms with Crippen molar-refractivity contribution in [3.63, 3.8) is 0 Å². The molecule has 0 fully saturated rings. The number of oxazole rings is 1. The minimum atomic E-state index is 0.686. The average molecular weight is 177 g/mol. The zero-order chi connectivity index (χ0) is 9.42. The maximum atomic E-state index is 5.45. The first-order valence-corrected chi connectivity index (χ1v) is 4.13. The molecule has 0 N–H and O–H groups in total. The first-order chi connectivity index (χ1) is 6.22. The lowest BCUT2D eigenvalue weighted by Gasteiger charge is -2.02. The number of nitrogens with zero attached hydrogens (tertiary/aromatic N) is 1. The van der Waals surface area contributed by atoms with Crippen molar-refractivity contribution in [2.45, 2.75) is 13.8 Å². The van der Waals surface area contributed by atoms with Crippen molar-refractivity contribution in [2.24, 2.45) is 0 Å². The van der Waals surface area contributed by atoms with Crippen LogP contribution in [0.1, 0.15) is 11.5 Å². The number of ether oxygens (including phenoxy) is 1. The van der Waals surface area contributed by atoms with Crippen molar-refractivity contribution < 1.29 is 9.15 Å². The molecule has 0 saturated carbocycles. The van der Waals surface area contributed by atoms with Crippen LogP contribution in [0, 0.1) is 13.8 Å². The summed E-state index contributed by atoms with van der Waals surface area (Å²) in [6, 6.07) is 3.80. The Morgan fingerprint density at radius 2 is 2.08 bits per heavy atom. The summed E-state index contributed by atoms with van der Waals surface area (Å²) in [5, 5.41) is 0. The van der Waals surface area contributed by atoms with Gasteiger partial charge in [0.2, 0.25) is 0 Å². The maximum Gasteiger partial charge on any atom is 0.192 e. The number of methoxy groups -OCH3 is 1. The van der Waals surface area contributed by atoms with Crippen LogP contribution in [0.4, 0.5) is 0 Å². The van der Waals surface area contributed by atoms with Crippen molar-refractivity contribution in [3.8, 4) is 5.75 Å². The zero-order valence-electron chi connectivity index (χ0n) is 7.92. The number of hydrogen-bond acceptors (Lipinski definition) is 3. The summed E-state index contributed by atoms with van der Waals surface area (Å²) in [5.41, 5.74) is 2.70. The van der Waals surface area contributed by atoms with Gasteiger partial charge in [-0.15, -0.1) is 0 Å². The SMILES string of the molecule is COc1ccc2nc(C)oc2c1C. The molecule has 1 aromatic heterocycles. The Hall–Kier alpha value is -1.51. The molecule has 0 spiro atoms. The number of rotatable bonds is 1. The van der Waals surface area contributed by atoms with E-state index in [0.717, 1.165) is 22.4 Å². The van der Waals surface area contributed by atoms with Crippen molar-refractivity contribution in [1.29, 1.82) is 0 Å². The van der Waals surface area contributed by atoms with Gasteiger partial charge in [0.1, 0.15) is 11.3 Å². The molecule has 0 aliphatic heterocycles. The summed E-state index contributed by atoms with van der Waals surface area (Å²) in [4.78, 5) is 4.23. The summed E-state index contributed by atoms with van der Waals surface area (Å²) in [5.74, 6) is 1.52. The third-order valence-electron chi connectivity index (χ3n) is 2.08. The highest BCUT2D eigenvalue weighted by molar-refractivity contribution is 5.78. The molecular formula is C10H11NO2. The van der Waals surface area contributed by atoms with E-state index in [0.29, 0.717) is 5.89 Å². The van der Waals surface area contributed by atoms with Crippen LogP contribution in [0.25, 0.3) is 11.1 Å². The van der Waals surface area contributed by atoms with Gasteiger partial charge in [-0.3, -0.25) is 0 Å². The highest BCUT2D eigenvalue weighted by Gasteiger charge is 2.08. The summed E-state index contributed by atoms with van der Waals surface area (Å²) >= 11 is 0. The van der Waals surface area contributed by atoms with E-state index < -0.39 is 0 Å². The lowest BCUT2D eigenvalue weighted by Crippen LogP contribution is -1.86. The average Bonchev–Trinajstić information content (AvgIpc) is 2.47. The molecule has 68 valence electrons. The van der Waals surface area contributed by atoms with Crippen molar-refractivity contribution in [3.05, 3.63) is 23.6 Å². The second kappa shape index (κ2) is 2.76. The normalized spacial score (nSPS) is 10.7. The largest absolute Gasteiger partial charge is 0.496 e. The molecule has 3 heteroatoms. The van der Waals surface area contributed by atoms with Crippen molar-refractivity contribution >= 4 is 11.1 Å². The fraction of sp³-hybridized carbons (Fsp3) is 0.300. The molecular weight excluding hydrogens is 166 g/mol. The van der Waals surface area contributed by atoms with Crippen molar-refractivity contribution in [1.82, 2.24) is 4.98 Å². The lowest BCUT2D eigenvalue weighted by atomic mass is 10.2. The molecule has 0 radical (unpaired) electrons. The van der Waals surface area contributed by atoms with E-state index in [1.165, 1.54) is 0 Å². The molecule has 3 nitrogen and oxygen atoms in total. The molecule has 2 rings (SSSR count). The summed E-state index contributed by atoms with van der Waals surface area (Å²) in [7, 11) is 1.65. The van der Waals surface area contributed by atoms with Crippen LogP contribution in [0.5, 0.6) is 5.75 Å². The predicted molar refractivity (Wildman–Crippen MR) is 50.0 cm³/mol. The standard InChI is InChI=1S/C10H11NO2/c1-6-9(12-3)5-4-8-10(6)13-7(2)11-8/h4-5H,1-3H3. The van der Waals surface area contributed by atoms with E-state index in [2.05, 4.69) is 4.98 Å². The number of benzene rings is 1. The van der Waals surface area contributed by atoms with E-state index in [1.54, 1.807) is 7.11 Å². The maximum absolute atomic E-state index is 5.45. The molecule has 0 saturated heterocycles. The molecule has 0 atom stereocenters. The smallest absolute Gasteiger partial charge is 0.192 e. The van der Waals surface area contributed by atoms with E-state index >= 15 is 0 Å². The van der Waals surface area contributed by atoms with Crippen LogP contribution in [0.15, 0.2) is 16.5 Å². The van der Waals surface area contributed by atoms with Gasteiger partial charge in [-0.05, 0) is 19.1 Å². The van der Waals surface area contributed by atoms with Gasteiger partial charge in [-0.1, -0.05) is 0 Å². The highest BCUT2D eigenvalue weighted by atomic mass is 16.5. The van der Waals surface area contributed by atoms with Crippen LogP contribution < -0.4 is 4.74 Å². The van der Waals surface area contributed by atoms with Crippen LogP contribution in [0.3, 0.4) is 0 Å². The molecule has 13 heavy (non-hydrogen) atoms. The Bertz CT molecular complexity index is 445. The number of aryl methyl sites for hydroxylation is 2. The molecule has 1 aromatic carbocycles. The van der Waals surface area contributed by atoms with Crippen LogP contribution in [-0.2, 0) is 0 Å². The fourth-order valence-electron chi connectivity index (χ4n) is 1.44. The van der Waals surface area contributed by atoms with Gasteiger partial charge in [0.15, 0.2) is 11.5 Å². The monoisotopic (exact) mass is 177 g/mol. The van der Waals surface area contributed by atoms with Gasteiger partial charge in [0.05, 0.1) is 7.11 Å².